The summed E-state index contributed by atoms with van der Waals surface area (Å²) in [6.45, 7) is 41.6. The topological polar surface area (TPSA) is 116 Å². The van der Waals surface area contributed by atoms with E-state index in [0.717, 1.165) is 27.3 Å². The maximum absolute atomic E-state index is 8.75. The van der Waals surface area contributed by atoms with Gasteiger partial charge < -0.3 is 46.5 Å². The molecule has 5 aliphatic heterocycles. The average molecular weight is 1470 g/mol. The Hall–Kier alpha value is -6.73. The van der Waals surface area contributed by atoms with Crippen LogP contribution in [0, 0.1) is 11.3 Å². The lowest BCUT2D eigenvalue weighted by molar-refractivity contribution is 0.00578. The molecule has 5 aliphatic rings. The lowest BCUT2D eigenvalue weighted by Gasteiger charge is -2.32. The smallest absolute Gasteiger partial charge is 0.399 e. The quantitative estimate of drug-likeness (QED) is 0.153. The van der Waals surface area contributed by atoms with E-state index in [0.29, 0.717) is 5.56 Å². The molecule has 5 saturated heterocycles. The van der Waals surface area contributed by atoms with Gasteiger partial charge in [0.05, 0.1) is 67.6 Å². The monoisotopic (exact) mass is 1470 g/mol. The highest BCUT2D eigenvalue weighted by molar-refractivity contribution is 7.27. The predicted molar refractivity (Wildman–Crippen MR) is 447 cm³/mol. The van der Waals surface area contributed by atoms with Crippen molar-refractivity contribution >= 4 is 189 Å². The molecular formula is C85H92B5NO10S4. The highest BCUT2D eigenvalue weighted by Crippen LogP contribution is 2.44. The summed E-state index contributed by atoms with van der Waals surface area (Å²) in [5.74, 6) is 0. The van der Waals surface area contributed by atoms with Gasteiger partial charge in [-0.15, -0.1) is 45.3 Å². The third kappa shape index (κ3) is 14.1. The molecule has 18 rings (SSSR count). The molecular weight excluding hydrogens is 1380 g/mol. The molecule has 105 heavy (non-hydrogen) atoms. The number of fused-ring (bicyclic) bond motifs is 12. The van der Waals surface area contributed by atoms with Crippen molar-refractivity contribution in [3.8, 4) is 6.07 Å². The Morgan fingerprint density at radius 1 is 0.248 bits per heavy atom. The van der Waals surface area contributed by atoms with Crippen LogP contribution in [-0.4, -0.2) is 91.6 Å². The molecule has 0 radical (unpaired) electrons. The summed E-state index contributed by atoms with van der Waals surface area (Å²) < 4.78 is 71.9. The summed E-state index contributed by atoms with van der Waals surface area (Å²) in [6.07, 6.45) is 0. The summed E-state index contributed by atoms with van der Waals surface area (Å²) in [4.78, 5) is 0. The first-order valence-corrected chi connectivity index (χ1v) is 39.6. The SMILES string of the molecule is CC1(C)OB(c2ccc(C#N)cc2)OC1(C)C.CC1(C)OB(c2ccc3c(c2)sc2ccccc23)OC1(C)C.CC1(C)OB(c2ccc3sc4ccccc4c3c2)OC1(C)C.CC1(C)OB(c2cccc3c2sc2ccccc23)OC1(C)C.CC1(C)OB(c2cccc3sc4ccccc4c23)OC1(C)C. The molecule has 0 unspecified atom stereocenters. The van der Waals surface area contributed by atoms with Gasteiger partial charge in [-0.2, -0.15) is 5.26 Å². The molecule has 13 aromatic rings. The van der Waals surface area contributed by atoms with Gasteiger partial charge in [0.25, 0.3) is 0 Å². The van der Waals surface area contributed by atoms with Crippen LogP contribution in [0.2, 0.25) is 0 Å². The summed E-state index contributed by atoms with van der Waals surface area (Å²) in [7, 11) is -1.56. The first-order valence-electron chi connectivity index (χ1n) is 36.3. The zero-order valence-electron chi connectivity index (χ0n) is 64.0. The maximum atomic E-state index is 8.75. The molecule has 0 spiro atoms. The lowest BCUT2D eigenvalue weighted by Crippen LogP contribution is -2.41. The Morgan fingerprint density at radius 2 is 0.552 bits per heavy atom. The normalized spacial score (nSPS) is 20.3. The lowest BCUT2D eigenvalue weighted by atomic mass is 9.76. The Morgan fingerprint density at radius 3 is 1.04 bits per heavy atom. The fourth-order valence-corrected chi connectivity index (χ4v) is 17.9. The third-order valence-electron chi connectivity index (χ3n) is 23.3. The number of hydrogen-bond acceptors (Lipinski definition) is 15. The van der Waals surface area contributed by atoms with E-state index in [-0.39, 0.29) is 91.6 Å². The van der Waals surface area contributed by atoms with Crippen LogP contribution in [0.4, 0.5) is 0 Å². The molecule has 4 aromatic heterocycles. The second kappa shape index (κ2) is 27.4. The maximum Gasteiger partial charge on any atom is 0.496 e. The van der Waals surface area contributed by atoms with Crippen molar-refractivity contribution < 1.29 is 46.5 Å². The summed E-state index contributed by atoms with van der Waals surface area (Å²) in [5, 5.41) is 19.1. The van der Waals surface area contributed by atoms with Crippen molar-refractivity contribution in [2.24, 2.45) is 0 Å². The number of thiophene rings is 4. The van der Waals surface area contributed by atoms with E-state index in [1.165, 1.54) is 80.7 Å². The fraction of sp³-hybridized carbons (Fsp3) is 0.353. The third-order valence-corrected chi connectivity index (χ3v) is 28.0. The van der Waals surface area contributed by atoms with Crippen LogP contribution in [0.25, 0.3) is 80.7 Å². The van der Waals surface area contributed by atoms with Crippen molar-refractivity contribution in [2.45, 2.75) is 194 Å². The number of nitriles is 1. The van der Waals surface area contributed by atoms with Gasteiger partial charge in [0.15, 0.2) is 0 Å². The van der Waals surface area contributed by atoms with Crippen molar-refractivity contribution in [3.05, 3.63) is 200 Å². The van der Waals surface area contributed by atoms with Gasteiger partial charge in [0.2, 0.25) is 0 Å². The van der Waals surface area contributed by atoms with Crippen LogP contribution < -0.4 is 27.3 Å². The molecule has 536 valence electrons. The van der Waals surface area contributed by atoms with Crippen LogP contribution in [0.3, 0.4) is 0 Å². The van der Waals surface area contributed by atoms with Crippen LogP contribution >= 0.6 is 45.3 Å². The van der Waals surface area contributed by atoms with Gasteiger partial charge in [0.1, 0.15) is 0 Å². The van der Waals surface area contributed by atoms with Gasteiger partial charge in [-0.3, -0.25) is 0 Å². The average Bonchev–Trinajstić information content (AvgIpc) is 1.60. The van der Waals surface area contributed by atoms with Gasteiger partial charge in [-0.05, 0) is 231 Å². The minimum Gasteiger partial charge on any atom is -0.399 e. The van der Waals surface area contributed by atoms with E-state index < -0.39 is 0 Å². The van der Waals surface area contributed by atoms with Crippen molar-refractivity contribution in [1.82, 2.24) is 0 Å². The van der Waals surface area contributed by atoms with Crippen LogP contribution in [0.5, 0.6) is 0 Å². The molecule has 0 aliphatic carbocycles. The van der Waals surface area contributed by atoms with Crippen molar-refractivity contribution in [3.63, 3.8) is 0 Å². The minimum atomic E-state index is -0.354. The van der Waals surface area contributed by atoms with Crippen molar-refractivity contribution in [2.75, 3.05) is 0 Å². The van der Waals surface area contributed by atoms with Crippen molar-refractivity contribution in [1.29, 1.82) is 5.26 Å². The van der Waals surface area contributed by atoms with E-state index in [1.807, 2.05) is 85.2 Å². The molecule has 0 bridgehead atoms. The molecule has 5 fully saturated rings. The summed E-state index contributed by atoms with van der Waals surface area (Å²) in [6, 6.07) is 69.4. The fourth-order valence-electron chi connectivity index (χ4n) is 13.3. The molecule has 0 amide bonds. The Kier molecular flexibility index (Phi) is 19.6. The van der Waals surface area contributed by atoms with Gasteiger partial charge in [0, 0.05) is 70.0 Å². The highest BCUT2D eigenvalue weighted by atomic mass is 32.1. The number of benzene rings is 9. The molecule has 0 N–H and O–H groups in total. The van der Waals surface area contributed by atoms with Crippen LogP contribution in [-0.2, 0) is 46.5 Å². The molecule has 20 heteroatoms. The standard InChI is InChI=1S/4C18H19BO2S.C13H16BNO2/c1-17(2)18(3,4)21-19(20-17)14-10-7-9-13-12-8-5-6-11-15(12)22-16(13)14;1-17(2)18(3,4)21-19(20-17)13-9-7-11-15-16(13)12-8-5-6-10-14(12)22-15;1-17(2)18(3,4)21-19(20-17)12-9-10-16-14(11-12)13-7-5-6-8-15(13)22-16;1-17(2)18(3,4)21-19(20-17)12-9-10-14-13-7-5-6-8-15(13)22-16(14)11-12;1-12(2)13(3,4)17-14(16-12)11-7-5-10(9-15)6-8-11/h4*5-11H,1-4H3;5-8H,1-4H3. The van der Waals surface area contributed by atoms with Gasteiger partial charge in [-0.25, -0.2) is 0 Å². The highest BCUT2D eigenvalue weighted by Gasteiger charge is 2.56. The van der Waals surface area contributed by atoms with E-state index in [9.17, 15) is 0 Å². The number of rotatable bonds is 5. The second-order valence-electron chi connectivity index (χ2n) is 33.0. The van der Waals surface area contributed by atoms with E-state index in [4.69, 9.17) is 51.8 Å². The number of hydrogen-bond donors (Lipinski definition) is 0. The second-order valence-corrected chi connectivity index (χ2v) is 37.3. The summed E-state index contributed by atoms with van der Waals surface area (Å²) in [5.41, 5.74) is 2.94. The molecule has 9 heterocycles. The Balaban J connectivity index is 0.000000111. The molecule has 11 nitrogen and oxygen atoms in total. The number of nitrogens with zero attached hydrogens (tertiary/aromatic N) is 1. The molecule has 0 atom stereocenters. The predicted octanol–water partition coefficient (Wildman–Crippen LogP) is 19.3. The zero-order chi connectivity index (χ0) is 74.8. The first kappa shape index (κ1) is 75.1. The van der Waals surface area contributed by atoms with E-state index in [1.54, 1.807) is 12.1 Å². The molecule has 0 saturated carbocycles. The summed E-state index contributed by atoms with van der Waals surface area (Å²) >= 11 is 7.29. The first-order chi connectivity index (χ1) is 49.4. The minimum absolute atomic E-state index is 0.292. The molecule has 9 aromatic carbocycles. The Bertz CT molecular complexity index is 5370. The van der Waals surface area contributed by atoms with Gasteiger partial charge >= 0.3 is 35.6 Å². The van der Waals surface area contributed by atoms with Gasteiger partial charge in [-0.1, -0.05) is 140 Å². The Labute approximate surface area is 636 Å². The zero-order valence-corrected chi connectivity index (χ0v) is 67.3. The van der Waals surface area contributed by atoms with Crippen LogP contribution in [0.1, 0.15) is 144 Å². The van der Waals surface area contributed by atoms with E-state index in [2.05, 4.69) is 287 Å². The van der Waals surface area contributed by atoms with E-state index >= 15 is 0 Å². The largest absolute Gasteiger partial charge is 0.496 e. The van der Waals surface area contributed by atoms with Crippen LogP contribution in [0.15, 0.2) is 194 Å².